The number of amides is 1. The Balaban J connectivity index is 1.47. The van der Waals surface area contributed by atoms with Gasteiger partial charge in [-0.2, -0.15) is 0 Å². The van der Waals surface area contributed by atoms with Crippen molar-refractivity contribution in [3.05, 3.63) is 59.1 Å². The normalized spacial score (nSPS) is 22.3. The van der Waals surface area contributed by atoms with Crippen molar-refractivity contribution in [1.82, 2.24) is 19.7 Å². The molecule has 178 valence electrons. The Morgan fingerprint density at radius 2 is 1.91 bits per heavy atom. The lowest BCUT2D eigenvalue weighted by Gasteiger charge is -2.43. The van der Waals surface area contributed by atoms with Crippen LogP contribution >= 0.6 is 11.6 Å². The predicted molar refractivity (Wildman–Crippen MR) is 124 cm³/mol. The van der Waals surface area contributed by atoms with Gasteiger partial charge in [0.25, 0.3) is 0 Å². The van der Waals surface area contributed by atoms with Crippen LogP contribution in [0.1, 0.15) is 12.1 Å². The zero-order valence-electron chi connectivity index (χ0n) is 18.9. The number of hydrogen-bond acceptors (Lipinski definition) is 6. The molecule has 2 aromatic rings. The first-order valence-electron chi connectivity index (χ1n) is 11.2. The van der Waals surface area contributed by atoms with Gasteiger partial charge < -0.3 is 19.3 Å². The van der Waals surface area contributed by atoms with Crippen molar-refractivity contribution in [3.8, 4) is 5.75 Å². The van der Waals surface area contributed by atoms with Crippen molar-refractivity contribution < 1.29 is 18.7 Å². The molecular weight excluding hydrogens is 447 g/mol. The molecule has 2 aliphatic rings. The lowest BCUT2D eigenvalue weighted by atomic mass is 9.96. The molecule has 0 unspecified atom stereocenters. The summed E-state index contributed by atoms with van der Waals surface area (Å²) in [5.74, 6) is 0.389. The third-order valence-electron chi connectivity index (χ3n) is 6.15. The number of nitrogens with zero attached hydrogens (tertiary/aromatic N) is 4. The van der Waals surface area contributed by atoms with Crippen LogP contribution in [0.25, 0.3) is 0 Å². The fraction of sp³-hybridized carbons (Fsp3) is 0.500. The number of carbonyl (C=O) groups excluding carboxylic acids is 1. The highest BCUT2D eigenvalue weighted by Gasteiger charge is 2.41. The van der Waals surface area contributed by atoms with Gasteiger partial charge >= 0.3 is 0 Å². The minimum atomic E-state index is -0.793. The predicted octanol–water partition coefficient (Wildman–Crippen LogP) is 2.69. The number of pyridine rings is 1. The lowest BCUT2D eigenvalue weighted by molar-refractivity contribution is -0.158. The standard InChI is InChI=1S/C24H30ClFN4O3/c1-28-8-10-30(11-9-28)23(31)14-24(18-32-22-6-2-19(25)3-7-22)17-29(12-13-33-24)16-21-5-4-20(26)15-27-21/h2-7,15H,8-14,16-18H2,1H3/t24-/m0/s1. The van der Waals surface area contributed by atoms with E-state index >= 15 is 0 Å². The molecule has 0 spiro atoms. The highest BCUT2D eigenvalue weighted by Crippen LogP contribution is 2.27. The molecule has 0 saturated carbocycles. The Kier molecular flexibility index (Phi) is 7.80. The van der Waals surface area contributed by atoms with E-state index in [1.165, 1.54) is 12.3 Å². The van der Waals surface area contributed by atoms with Gasteiger partial charge in [0.05, 0.1) is 24.9 Å². The number of halogens is 2. The highest BCUT2D eigenvalue weighted by molar-refractivity contribution is 6.30. The van der Waals surface area contributed by atoms with E-state index < -0.39 is 5.60 Å². The molecule has 0 N–H and O–H groups in total. The Morgan fingerprint density at radius 1 is 1.15 bits per heavy atom. The van der Waals surface area contributed by atoms with Crippen LogP contribution in [0.2, 0.25) is 5.02 Å². The largest absolute Gasteiger partial charge is 0.491 e. The topological polar surface area (TPSA) is 58.1 Å². The number of hydrogen-bond donors (Lipinski definition) is 0. The van der Waals surface area contributed by atoms with Crippen LogP contribution < -0.4 is 4.74 Å². The van der Waals surface area contributed by atoms with Gasteiger partial charge in [0.1, 0.15) is 23.8 Å². The first-order chi connectivity index (χ1) is 15.9. The Bertz CT molecular complexity index is 922. The summed E-state index contributed by atoms with van der Waals surface area (Å²) < 4.78 is 25.6. The van der Waals surface area contributed by atoms with Crippen LogP contribution in [0, 0.1) is 5.82 Å². The summed E-state index contributed by atoms with van der Waals surface area (Å²) in [6.07, 6.45) is 1.46. The van der Waals surface area contributed by atoms with Gasteiger partial charge in [-0.15, -0.1) is 0 Å². The monoisotopic (exact) mass is 476 g/mol. The van der Waals surface area contributed by atoms with Gasteiger partial charge in [0.15, 0.2) is 0 Å². The molecule has 33 heavy (non-hydrogen) atoms. The lowest BCUT2D eigenvalue weighted by Crippen LogP contribution is -2.58. The summed E-state index contributed by atoms with van der Waals surface area (Å²) in [5, 5.41) is 0.634. The summed E-state index contributed by atoms with van der Waals surface area (Å²) in [7, 11) is 2.06. The van der Waals surface area contributed by atoms with Crippen LogP contribution in [-0.4, -0.2) is 90.7 Å². The molecule has 3 heterocycles. The molecule has 0 aliphatic carbocycles. The molecule has 2 fully saturated rings. The molecule has 1 aromatic heterocycles. The molecule has 1 aromatic carbocycles. The summed E-state index contributed by atoms with van der Waals surface area (Å²) in [6, 6.07) is 10.3. The van der Waals surface area contributed by atoms with E-state index in [9.17, 15) is 9.18 Å². The Labute approximate surface area is 199 Å². The number of rotatable bonds is 7. The maximum absolute atomic E-state index is 13.3. The fourth-order valence-electron chi connectivity index (χ4n) is 4.22. The van der Waals surface area contributed by atoms with E-state index in [-0.39, 0.29) is 24.8 Å². The number of morpholine rings is 1. The summed E-state index contributed by atoms with van der Waals surface area (Å²) in [6.45, 7) is 5.63. The third-order valence-corrected chi connectivity index (χ3v) is 6.40. The number of piperazine rings is 1. The minimum absolute atomic E-state index is 0.0737. The average Bonchev–Trinajstić information content (AvgIpc) is 2.81. The minimum Gasteiger partial charge on any atom is -0.491 e. The number of ether oxygens (including phenoxy) is 2. The number of likely N-dealkylation sites (N-methyl/N-ethyl adjacent to an activating group) is 1. The maximum Gasteiger partial charge on any atom is 0.225 e. The molecule has 4 rings (SSSR count). The summed E-state index contributed by atoms with van der Waals surface area (Å²) >= 11 is 5.99. The first-order valence-corrected chi connectivity index (χ1v) is 11.6. The zero-order chi connectivity index (χ0) is 23.3. The second-order valence-electron chi connectivity index (χ2n) is 8.81. The first kappa shape index (κ1) is 23.9. The third kappa shape index (κ3) is 6.63. The molecule has 9 heteroatoms. The smallest absolute Gasteiger partial charge is 0.225 e. The SMILES string of the molecule is CN1CCN(C(=O)C[C@@]2(COc3ccc(Cl)cc3)CN(Cc3ccc(F)cn3)CCO2)CC1. The quantitative estimate of drug-likeness (QED) is 0.612. The van der Waals surface area contributed by atoms with Crippen molar-refractivity contribution >= 4 is 17.5 Å². The van der Waals surface area contributed by atoms with Gasteiger partial charge in [0.2, 0.25) is 5.91 Å². The van der Waals surface area contributed by atoms with E-state index in [1.54, 1.807) is 30.3 Å². The van der Waals surface area contributed by atoms with Gasteiger partial charge in [0, 0.05) is 50.8 Å². The molecule has 1 amide bonds. The van der Waals surface area contributed by atoms with Crippen molar-refractivity contribution in [1.29, 1.82) is 0 Å². The summed E-state index contributed by atoms with van der Waals surface area (Å²) in [4.78, 5) is 23.7. The van der Waals surface area contributed by atoms with Gasteiger partial charge in [-0.25, -0.2) is 4.39 Å². The van der Waals surface area contributed by atoms with Crippen LogP contribution in [0.4, 0.5) is 4.39 Å². The zero-order valence-corrected chi connectivity index (χ0v) is 19.6. The van der Waals surface area contributed by atoms with Gasteiger partial charge in [-0.1, -0.05) is 11.6 Å². The van der Waals surface area contributed by atoms with Crippen molar-refractivity contribution in [3.63, 3.8) is 0 Å². The fourth-order valence-corrected chi connectivity index (χ4v) is 4.35. The number of carbonyl (C=O) groups is 1. The average molecular weight is 477 g/mol. The number of benzene rings is 1. The van der Waals surface area contributed by atoms with Gasteiger partial charge in [-0.05, 0) is 43.4 Å². The van der Waals surface area contributed by atoms with E-state index in [2.05, 4.69) is 21.8 Å². The molecule has 0 radical (unpaired) electrons. The molecule has 2 saturated heterocycles. The molecule has 2 aliphatic heterocycles. The Morgan fingerprint density at radius 3 is 2.61 bits per heavy atom. The van der Waals surface area contributed by atoms with Gasteiger partial charge in [-0.3, -0.25) is 14.7 Å². The van der Waals surface area contributed by atoms with Crippen LogP contribution in [-0.2, 0) is 16.1 Å². The second kappa shape index (κ2) is 10.8. The van der Waals surface area contributed by atoms with E-state index in [0.717, 1.165) is 18.8 Å². The molecule has 1 atom stereocenters. The molecule has 0 bridgehead atoms. The van der Waals surface area contributed by atoms with Crippen LogP contribution in [0.5, 0.6) is 5.75 Å². The van der Waals surface area contributed by atoms with Crippen molar-refractivity contribution in [2.24, 2.45) is 0 Å². The van der Waals surface area contributed by atoms with Crippen LogP contribution in [0.15, 0.2) is 42.6 Å². The number of aromatic nitrogens is 1. The van der Waals surface area contributed by atoms with Crippen molar-refractivity contribution in [2.45, 2.75) is 18.6 Å². The van der Waals surface area contributed by atoms with E-state index in [4.69, 9.17) is 21.1 Å². The van der Waals surface area contributed by atoms with Crippen molar-refractivity contribution in [2.75, 3.05) is 59.5 Å². The summed E-state index contributed by atoms with van der Waals surface area (Å²) in [5.41, 5.74) is -0.0190. The maximum atomic E-state index is 13.3. The highest BCUT2D eigenvalue weighted by atomic mass is 35.5. The van der Waals surface area contributed by atoms with Crippen LogP contribution in [0.3, 0.4) is 0 Å². The molecular formula is C24H30ClFN4O3. The molecule has 7 nitrogen and oxygen atoms in total. The second-order valence-corrected chi connectivity index (χ2v) is 9.25. The van der Waals surface area contributed by atoms with E-state index in [0.29, 0.717) is 50.1 Å². The Hall–Kier alpha value is -2.26. The van der Waals surface area contributed by atoms with E-state index in [1.807, 2.05) is 4.90 Å².